The number of rotatable bonds is 8. The van der Waals surface area contributed by atoms with Crippen molar-refractivity contribution in [1.29, 1.82) is 0 Å². The number of aromatic nitrogens is 1. The van der Waals surface area contributed by atoms with E-state index >= 15 is 0 Å². The summed E-state index contributed by atoms with van der Waals surface area (Å²) in [7, 11) is 0.254. The molecular weight excluding hydrogens is 550 g/mol. The largest absolute Gasteiger partial charge is 0.353 e. The second-order valence-electron chi connectivity index (χ2n) is 11.5. The summed E-state index contributed by atoms with van der Waals surface area (Å²) in [6.45, 7) is 5.22. The molecule has 2 saturated heterocycles. The first-order valence-corrected chi connectivity index (χ1v) is 15.8. The molecular formula is C32H39N5O4S. The van der Waals surface area contributed by atoms with Gasteiger partial charge in [0.15, 0.2) is 5.78 Å². The lowest BCUT2D eigenvalue weighted by Gasteiger charge is -2.45. The maximum atomic E-state index is 14.3. The number of nitrogens with zero attached hydrogens (tertiary/aromatic N) is 5. The van der Waals surface area contributed by atoms with Gasteiger partial charge in [0.2, 0.25) is 15.9 Å². The molecule has 2 fully saturated rings. The van der Waals surface area contributed by atoms with E-state index < -0.39 is 15.4 Å². The number of pyridine rings is 1. The fourth-order valence-corrected chi connectivity index (χ4v) is 7.51. The van der Waals surface area contributed by atoms with Crippen molar-refractivity contribution in [3.05, 3.63) is 89.6 Å². The summed E-state index contributed by atoms with van der Waals surface area (Å²) in [5, 5.41) is 0. The van der Waals surface area contributed by atoms with Crippen molar-refractivity contribution in [3.63, 3.8) is 0 Å². The van der Waals surface area contributed by atoms with Gasteiger partial charge < -0.3 is 14.7 Å². The fraction of sp³-hybridized carbons (Fsp3) is 0.406. The molecule has 2 aliphatic rings. The Bertz CT molecular complexity index is 1510. The molecule has 42 heavy (non-hydrogen) atoms. The molecule has 10 heteroatoms. The van der Waals surface area contributed by atoms with Crippen molar-refractivity contribution in [1.82, 2.24) is 19.1 Å². The van der Waals surface area contributed by atoms with E-state index in [1.165, 1.54) is 23.4 Å². The number of benzene rings is 2. The number of anilines is 1. The number of ketones is 1. The van der Waals surface area contributed by atoms with Crippen LogP contribution in [0, 0.1) is 0 Å². The summed E-state index contributed by atoms with van der Waals surface area (Å²) in [6.07, 6.45) is 2.68. The van der Waals surface area contributed by atoms with Gasteiger partial charge >= 0.3 is 0 Å². The third-order valence-corrected chi connectivity index (χ3v) is 10.3. The summed E-state index contributed by atoms with van der Waals surface area (Å²) in [5.41, 5.74) is 1.64. The highest BCUT2D eigenvalue weighted by Gasteiger charge is 2.47. The minimum Gasteiger partial charge on any atom is -0.353 e. The first-order chi connectivity index (χ1) is 20.1. The van der Waals surface area contributed by atoms with Crippen LogP contribution in [0.2, 0.25) is 0 Å². The lowest BCUT2D eigenvalue weighted by Crippen LogP contribution is -2.58. The van der Waals surface area contributed by atoms with Crippen LogP contribution in [0.25, 0.3) is 0 Å². The van der Waals surface area contributed by atoms with Gasteiger partial charge in [0.25, 0.3) is 0 Å². The number of carbonyl (C=O) groups excluding carboxylic acids is 2. The standard InChI is InChI=1S/C32H39N5O4S/c1-25(38)27-8-7-11-29(22-27)42(40,41)37-16-14-32(15-17-37,28-9-5-4-6-10-28)31(39)36-20-18-35(19-21-36)30-13-12-26(23-33-30)24-34(2)3/h4-13,22-23H,14-21,24H2,1-3H3. The Balaban J connectivity index is 1.31. The van der Waals surface area contributed by atoms with E-state index in [-0.39, 0.29) is 29.7 Å². The fourth-order valence-electron chi connectivity index (χ4n) is 6.02. The number of hydrogen-bond donors (Lipinski definition) is 0. The first kappa shape index (κ1) is 29.9. The molecule has 0 saturated carbocycles. The van der Waals surface area contributed by atoms with Gasteiger partial charge in [-0.05, 0) is 63.2 Å². The van der Waals surface area contributed by atoms with Gasteiger partial charge in [0.1, 0.15) is 5.82 Å². The molecule has 0 radical (unpaired) electrons. The molecule has 0 bridgehead atoms. The maximum Gasteiger partial charge on any atom is 0.243 e. The molecule has 9 nitrogen and oxygen atoms in total. The number of sulfonamides is 1. The van der Waals surface area contributed by atoms with Gasteiger partial charge in [-0.3, -0.25) is 9.59 Å². The van der Waals surface area contributed by atoms with E-state index in [0.717, 1.165) is 23.5 Å². The predicted molar refractivity (Wildman–Crippen MR) is 163 cm³/mol. The lowest BCUT2D eigenvalue weighted by molar-refractivity contribution is -0.139. The summed E-state index contributed by atoms with van der Waals surface area (Å²) in [6, 6.07) is 20.1. The van der Waals surface area contributed by atoms with E-state index in [0.29, 0.717) is 44.6 Å². The Kier molecular flexibility index (Phi) is 8.77. The Labute approximate surface area is 248 Å². The average Bonchev–Trinajstić information content (AvgIpc) is 3.01. The van der Waals surface area contributed by atoms with Gasteiger partial charge in [-0.2, -0.15) is 4.31 Å². The van der Waals surface area contributed by atoms with Crippen LogP contribution in [0.3, 0.4) is 0 Å². The average molecular weight is 590 g/mol. The summed E-state index contributed by atoms with van der Waals surface area (Å²) >= 11 is 0. The maximum absolute atomic E-state index is 14.3. The van der Waals surface area contributed by atoms with Crippen LogP contribution < -0.4 is 4.90 Å². The molecule has 0 N–H and O–H groups in total. The zero-order chi connectivity index (χ0) is 29.9. The molecule has 1 amide bonds. The Morgan fingerprint density at radius 1 is 0.881 bits per heavy atom. The molecule has 5 rings (SSSR count). The summed E-state index contributed by atoms with van der Waals surface area (Å²) in [5.74, 6) is 0.782. The van der Waals surface area contributed by atoms with Crippen LogP contribution in [0.15, 0.2) is 77.8 Å². The number of piperazine rings is 1. The van der Waals surface area contributed by atoms with E-state index in [1.807, 2.05) is 61.6 Å². The quantitative estimate of drug-likeness (QED) is 0.372. The topological polar surface area (TPSA) is 94.1 Å². The number of hydrogen-bond acceptors (Lipinski definition) is 7. The van der Waals surface area contributed by atoms with Gasteiger partial charge in [-0.15, -0.1) is 0 Å². The van der Waals surface area contributed by atoms with E-state index in [9.17, 15) is 18.0 Å². The predicted octanol–water partition coefficient (Wildman–Crippen LogP) is 3.42. The van der Waals surface area contributed by atoms with Crippen molar-refractivity contribution in [2.45, 2.75) is 36.6 Å². The number of Topliss-reactive ketones (excluding diaryl/α,β-unsaturated/α-hetero) is 1. The molecule has 0 unspecified atom stereocenters. The van der Waals surface area contributed by atoms with Crippen molar-refractivity contribution in [2.24, 2.45) is 0 Å². The minimum atomic E-state index is -3.81. The van der Waals surface area contributed by atoms with E-state index in [1.54, 1.807) is 12.1 Å². The molecule has 2 aromatic carbocycles. The minimum absolute atomic E-state index is 0.0539. The number of amides is 1. The van der Waals surface area contributed by atoms with Crippen LogP contribution in [0.5, 0.6) is 0 Å². The Morgan fingerprint density at radius 2 is 1.57 bits per heavy atom. The van der Waals surface area contributed by atoms with Gasteiger partial charge in [-0.1, -0.05) is 48.5 Å². The monoisotopic (exact) mass is 589 g/mol. The van der Waals surface area contributed by atoms with Crippen LogP contribution >= 0.6 is 0 Å². The summed E-state index contributed by atoms with van der Waals surface area (Å²) < 4.78 is 28.5. The lowest BCUT2D eigenvalue weighted by atomic mass is 9.72. The summed E-state index contributed by atoms with van der Waals surface area (Å²) in [4.78, 5) is 37.2. The molecule has 0 aliphatic carbocycles. The zero-order valence-electron chi connectivity index (χ0n) is 24.6. The second kappa shape index (κ2) is 12.3. The molecule has 0 atom stereocenters. The highest BCUT2D eigenvalue weighted by Crippen LogP contribution is 2.39. The van der Waals surface area contributed by atoms with Crippen LogP contribution in [0.4, 0.5) is 5.82 Å². The smallest absolute Gasteiger partial charge is 0.243 e. The van der Waals surface area contributed by atoms with Crippen LogP contribution in [0.1, 0.15) is 41.3 Å². The van der Waals surface area contributed by atoms with Crippen molar-refractivity contribution in [2.75, 3.05) is 58.3 Å². The van der Waals surface area contributed by atoms with Crippen molar-refractivity contribution < 1.29 is 18.0 Å². The Morgan fingerprint density at radius 3 is 2.17 bits per heavy atom. The van der Waals surface area contributed by atoms with E-state index in [2.05, 4.69) is 20.9 Å². The molecule has 3 aromatic rings. The van der Waals surface area contributed by atoms with Crippen LogP contribution in [-0.4, -0.2) is 92.6 Å². The van der Waals surface area contributed by atoms with Gasteiger partial charge in [0.05, 0.1) is 10.3 Å². The molecule has 2 aliphatic heterocycles. The molecule has 3 heterocycles. The van der Waals surface area contributed by atoms with Crippen molar-refractivity contribution >= 4 is 27.5 Å². The first-order valence-electron chi connectivity index (χ1n) is 14.4. The second-order valence-corrected chi connectivity index (χ2v) is 13.4. The number of carbonyl (C=O) groups is 2. The zero-order valence-corrected chi connectivity index (χ0v) is 25.4. The normalized spacial score (nSPS) is 17.8. The highest BCUT2D eigenvalue weighted by molar-refractivity contribution is 7.89. The third kappa shape index (κ3) is 6.11. The highest BCUT2D eigenvalue weighted by atomic mass is 32.2. The third-order valence-electron chi connectivity index (χ3n) is 8.39. The van der Waals surface area contributed by atoms with Gasteiger partial charge in [0, 0.05) is 57.6 Å². The van der Waals surface area contributed by atoms with Gasteiger partial charge in [-0.25, -0.2) is 13.4 Å². The molecule has 1 aromatic heterocycles. The van der Waals surface area contributed by atoms with E-state index in [4.69, 9.17) is 0 Å². The number of piperidine rings is 1. The molecule has 222 valence electrons. The SMILES string of the molecule is CC(=O)c1cccc(S(=O)(=O)N2CCC(C(=O)N3CCN(c4ccc(CN(C)C)cn4)CC3)(c3ccccc3)CC2)c1. The Hall–Kier alpha value is -3.60. The van der Waals surface area contributed by atoms with Crippen LogP contribution in [-0.2, 0) is 26.8 Å². The molecule has 0 spiro atoms. The van der Waals surface area contributed by atoms with Crippen molar-refractivity contribution in [3.8, 4) is 0 Å².